The van der Waals surface area contributed by atoms with E-state index in [2.05, 4.69) is 83.4 Å². The van der Waals surface area contributed by atoms with Crippen molar-refractivity contribution in [2.75, 3.05) is 55.9 Å². The summed E-state index contributed by atoms with van der Waals surface area (Å²) in [6.45, 7) is 10.9. The van der Waals surface area contributed by atoms with Crippen molar-refractivity contribution in [3.05, 3.63) is 319 Å². The number of hydrogen-bond donors (Lipinski definition) is 5. The van der Waals surface area contributed by atoms with Gasteiger partial charge in [-0.1, -0.05) is 170 Å². The van der Waals surface area contributed by atoms with E-state index in [-0.39, 0.29) is 106 Å². The van der Waals surface area contributed by atoms with Gasteiger partial charge in [0.2, 0.25) is 5.91 Å². The van der Waals surface area contributed by atoms with Crippen LogP contribution in [0.4, 0.5) is 28.4 Å². The van der Waals surface area contributed by atoms with Crippen molar-refractivity contribution in [1.29, 1.82) is 0 Å². The van der Waals surface area contributed by atoms with Gasteiger partial charge in [-0.3, -0.25) is 44.6 Å². The molecule has 0 spiro atoms. The van der Waals surface area contributed by atoms with Crippen LogP contribution in [-0.4, -0.2) is 84.4 Å². The minimum Gasteiger partial charge on any atom is -0.466 e. The molecule has 109 heavy (non-hydrogen) atoms. The highest BCUT2D eigenvalue weighted by Gasteiger charge is 2.60. The predicted molar refractivity (Wildman–Crippen MR) is 420 cm³/mol. The van der Waals surface area contributed by atoms with Crippen molar-refractivity contribution < 1.29 is 58.0 Å². The first-order valence-corrected chi connectivity index (χ1v) is 37.5. The SMILES string of the molecule is CCOC(=O)/C=C/c1ccc([N+](=O)[O-])cc1.CCOC(=O)[C@@H]1[C@H](c2ccccc2)[C@H]1c1ccc(N)cc1.CCOC(=O)[C@@H]1[C@H](c2ccccc2)[C@H]1c1ccc(NCC2CC2)cc1.CCOC(=O)[C@@H]1[C@H](c2ccccc2)[C@H]1c1ccc([N+](=O)[O-])cc1.O=C(NO)[C@@H]1[C@H](c2ccccc2)[C@H]1c1ccc(NCC2CC2)cc1. The highest BCUT2D eigenvalue weighted by Crippen LogP contribution is 2.64. The molecule has 564 valence electrons. The zero-order chi connectivity index (χ0) is 76.9. The maximum atomic E-state index is 12.4. The van der Waals surface area contributed by atoms with Gasteiger partial charge in [0.25, 0.3) is 11.4 Å². The third kappa shape index (κ3) is 21.1. The molecule has 6 fully saturated rings. The number of ether oxygens (including phenoxy) is 4. The molecule has 1 amide bonds. The number of hydrogen-bond acceptors (Lipinski definition) is 17. The Morgan fingerprint density at radius 1 is 0.394 bits per heavy atom. The predicted octanol–water partition coefficient (Wildman–Crippen LogP) is 17.2. The number of nitro groups is 2. The number of nitro benzene ring substituents is 2. The number of nitrogens with two attached hydrogens (primary N) is 1. The summed E-state index contributed by atoms with van der Waals surface area (Å²) in [5.74, 6) is 1.18. The Hall–Kier alpha value is -11.8. The van der Waals surface area contributed by atoms with Crippen LogP contribution in [0.25, 0.3) is 6.08 Å². The standard InChI is InChI=1S/C22H25NO2.C20H22N2O2.C18H17NO4.C18H19NO2.C11H11NO4/c1-2-25-22(24)21-19(16-6-4-3-5-7-16)20(21)17-10-12-18(13-11-17)23-14-15-8-9-15;23-20(22-24)19-17(14-4-2-1-3-5-14)18(19)15-8-10-16(11-9-15)21-12-13-6-7-13;1-2-23-18(20)17-15(12-6-4-3-5-7-12)16(17)13-8-10-14(11-9-13)19(21)22;1-2-21-18(20)17-15(12-6-4-3-5-7-12)16(17)13-8-10-14(19)11-9-13;1-2-16-11(13)8-5-9-3-6-10(7-4-9)12(14)15/h3-7,10-13,15,19-21,23H,2,8-9,14H2,1H3;1-5,8-11,13,17-19,21,24H,6-7,12H2,(H,22,23);3-11,15-17H,2H2,1H3;3-11,15-17H,2,19H2,1H3;3-8H,2H2,1H3/b;;;;8-5+/t19-,20-,21-;17-,18-,19-;2*15-,16-,17-;/m1111./s1. The number of carbonyl (C=O) groups is 5. The van der Waals surface area contributed by atoms with Gasteiger partial charge in [0.1, 0.15) is 0 Å². The Morgan fingerprint density at radius 3 is 0.954 bits per heavy atom. The molecule has 0 heterocycles. The van der Waals surface area contributed by atoms with Gasteiger partial charge in [-0.05, 0) is 170 Å². The molecular weight excluding hydrogens is 1380 g/mol. The summed E-state index contributed by atoms with van der Waals surface area (Å²) in [7, 11) is 0. The van der Waals surface area contributed by atoms with E-state index in [0.29, 0.717) is 32.0 Å². The molecule has 6 aliphatic rings. The zero-order valence-corrected chi connectivity index (χ0v) is 61.6. The summed E-state index contributed by atoms with van der Waals surface area (Å²) in [6.07, 6.45) is 8.21. The Bertz CT molecular complexity index is 4510. The lowest BCUT2D eigenvalue weighted by atomic mass is 10.0. The second kappa shape index (κ2) is 37.7. The Balaban J connectivity index is 0.000000136. The van der Waals surface area contributed by atoms with E-state index < -0.39 is 15.8 Å². The number of rotatable bonds is 26. The highest BCUT2D eigenvalue weighted by molar-refractivity contribution is 5.87. The number of esters is 4. The topological polar surface area (TPSA) is 291 Å². The van der Waals surface area contributed by atoms with E-state index in [1.54, 1.807) is 44.2 Å². The van der Waals surface area contributed by atoms with Crippen molar-refractivity contribution in [3.8, 4) is 0 Å². The number of carbonyl (C=O) groups excluding carboxylic acids is 5. The van der Waals surface area contributed by atoms with E-state index in [9.17, 15) is 44.2 Å². The number of anilines is 3. The first-order valence-electron chi connectivity index (χ1n) is 37.5. The number of amides is 1. The van der Waals surface area contributed by atoms with Gasteiger partial charge in [-0.25, -0.2) is 10.3 Å². The summed E-state index contributed by atoms with van der Waals surface area (Å²) >= 11 is 0. The fourth-order valence-electron chi connectivity index (χ4n) is 14.7. The molecule has 20 heteroatoms. The molecule has 0 aromatic heterocycles. The molecule has 6 N–H and O–H groups in total. The van der Waals surface area contributed by atoms with Crippen LogP contribution in [-0.2, 0) is 42.9 Å². The molecule has 9 aromatic rings. The largest absolute Gasteiger partial charge is 0.466 e. The van der Waals surface area contributed by atoms with Gasteiger partial charge in [0.05, 0.1) is 59.9 Å². The second-order valence-electron chi connectivity index (χ2n) is 28.0. The van der Waals surface area contributed by atoms with Crippen LogP contribution in [0.5, 0.6) is 0 Å². The van der Waals surface area contributed by atoms with E-state index in [1.165, 1.54) is 78.4 Å². The summed E-state index contributed by atoms with van der Waals surface area (Å²) in [6, 6.07) is 77.5. The Labute approximate surface area is 635 Å². The summed E-state index contributed by atoms with van der Waals surface area (Å²) in [5.41, 5.74) is 20.5. The third-order valence-corrected chi connectivity index (χ3v) is 20.7. The number of nitrogens with one attached hydrogen (secondary N) is 3. The van der Waals surface area contributed by atoms with E-state index in [0.717, 1.165) is 64.1 Å². The normalized spacial score (nSPS) is 22.0. The molecule has 6 saturated carbocycles. The molecule has 20 nitrogen and oxygen atoms in total. The van der Waals surface area contributed by atoms with Crippen LogP contribution >= 0.6 is 0 Å². The molecular formula is C89H94N6O14. The lowest BCUT2D eigenvalue weighted by Crippen LogP contribution is -2.21. The first-order chi connectivity index (χ1) is 53.0. The van der Waals surface area contributed by atoms with Crippen molar-refractivity contribution in [1.82, 2.24) is 5.48 Å². The third-order valence-electron chi connectivity index (χ3n) is 20.7. The number of nitrogen functional groups attached to an aromatic ring is 1. The molecule has 0 unspecified atom stereocenters. The molecule has 0 radical (unpaired) electrons. The van der Waals surface area contributed by atoms with Crippen LogP contribution < -0.4 is 21.8 Å². The second-order valence-corrected chi connectivity index (χ2v) is 28.0. The fraction of sp³-hybridized carbons (Fsp3) is 0.315. The molecule has 9 aromatic carbocycles. The summed E-state index contributed by atoms with van der Waals surface area (Å²) in [4.78, 5) is 80.0. The zero-order valence-electron chi connectivity index (χ0n) is 61.6. The van der Waals surface area contributed by atoms with Gasteiger partial charge < -0.3 is 35.3 Å². The Kier molecular flexibility index (Phi) is 27.1. The average Bonchev–Trinajstić information content (AvgIpc) is 1.60. The number of hydroxylamine groups is 1. The lowest BCUT2D eigenvalue weighted by molar-refractivity contribution is -0.385. The van der Waals surface area contributed by atoms with Gasteiger partial charge in [-0.2, -0.15) is 0 Å². The first kappa shape index (κ1) is 78.3. The number of benzene rings is 9. The van der Waals surface area contributed by atoms with Crippen LogP contribution in [0, 0.1) is 55.7 Å². The lowest BCUT2D eigenvalue weighted by Gasteiger charge is -2.07. The molecule has 0 bridgehead atoms. The van der Waals surface area contributed by atoms with E-state index in [4.69, 9.17) is 29.9 Å². The van der Waals surface area contributed by atoms with E-state index >= 15 is 0 Å². The van der Waals surface area contributed by atoms with Crippen LogP contribution in [0.3, 0.4) is 0 Å². The molecule has 0 saturated heterocycles. The summed E-state index contributed by atoms with van der Waals surface area (Å²) in [5, 5.41) is 37.1. The quantitative estimate of drug-likeness (QED) is 0.00640. The van der Waals surface area contributed by atoms with Gasteiger partial charge in [0, 0.05) is 108 Å². The monoisotopic (exact) mass is 1470 g/mol. The van der Waals surface area contributed by atoms with Gasteiger partial charge >= 0.3 is 23.9 Å². The van der Waals surface area contributed by atoms with Crippen molar-refractivity contribution in [3.63, 3.8) is 0 Å². The maximum absolute atomic E-state index is 12.4. The number of non-ortho nitro benzene ring substituents is 2. The average molecular weight is 1470 g/mol. The van der Waals surface area contributed by atoms with Gasteiger partial charge in [0.15, 0.2) is 0 Å². The van der Waals surface area contributed by atoms with Crippen molar-refractivity contribution in [2.24, 2.45) is 35.5 Å². The van der Waals surface area contributed by atoms with Crippen LogP contribution in [0.15, 0.2) is 249 Å². The maximum Gasteiger partial charge on any atom is 0.330 e. The molecule has 6 aliphatic carbocycles. The molecule has 15 rings (SSSR count). The van der Waals surface area contributed by atoms with Crippen LogP contribution in [0.1, 0.15) is 151 Å². The van der Waals surface area contributed by atoms with Crippen LogP contribution in [0.2, 0.25) is 0 Å². The molecule has 0 aliphatic heterocycles. The smallest absolute Gasteiger partial charge is 0.330 e. The van der Waals surface area contributed by atoms with Crippen molar-refractivity contribution >= 4 is 64.3 Å². The van der Waals surface area contributed by atoms with Gasteiger partial charge in [-0.15, -0.1) is 0 Å². The number of nitrogens with zero attached hydrogens (tertiary/aromatic N) is 2. The minimum absolute atomic E-state index is 0.0113. The Morgan fingerprint density at radius 2 is 0.670 bits per heavy atom. The molecule has 12 atom stereocenters. The van der Waals surface area contributed by atoms with Crippen molar-refractivity contribution in [2.45, 2.75) is 101 Å². The summed E-state index contributed by atoms with van der Waals surface area (Å²) < 4.78 is 20.4. The minimum atomic E-state index is -0.473. The highest BCUT2D eigenvalue weighted by atomic mass is 16.6. The van der Waals surface area contributed by atoms with E-state index in [1.807, 2.05) is 141 Å². The fourth-order valence-corrected chi connectivity index (χ4v) is 14.7.